The van der Waals surface area contributed by atoms with Gasteiger partial charge in [0.25, 0.3) is 5.56 Å². The predicted octanol–water partition coefficient (Wildman–Crippen LogP) is 1.11. The molecule has 3 rings (SSSR count). The second-order valence-electron chi connectivity index (χ2n) is 6.80. The molecule has 2 aromatic rings. The highest BCUT2D eigenvalue weighted by Gasteiger charge is 2.34. The van der Waals surface area contributed by atoms with Gasteiger partial charge in [0.1, 0.15) is 0 Å². The van der Waals surface area contributed by atoms with Crippen molar-refractivity contribution in [2.45, 2.75) is 32.9 Å². The van der Waals surface area contributed by atoms with E-state index in [0.717, 1.165) is 11.4 Å². The summed E-state index contributed by atoms with van der Waals surface area (Å²) in [6.07, 6.45) is 2.59. The number of nitrogens with one attached hydrogen (secondary N) is 1. The number of pyridine rings is 2. The second kappa shape index (κ2) is 8.62. The van der Waals surface area contributed by atoms with Crippen molar-refractivity contribution in [1.29, 1.82) is 0 Å². The maximum Gasteiger partial charge on any atom is 0.250 e. The number of likely N-dealkylation sites (tertiary alicyclic amines) is 1. The van der Waals surface area contributed by atoms with E-state index in [1.165, 1.54) is 6.07 Å². The van der Waals surface area contributed by atoms with E-state index in [2.05, 4.69) is 10.3 Å². The first-order valence-corrected chi connectivity index (χ1v) is 9.16. The molecule has 3 heterocycles. The van der Waals surface area contributed by atoms with E-state index in [9.17, 15) is 14.4 Å². The molecule has 0 spiro atoms. The van der Waals surface area contributed by atoms with Gasteiger partial charge in [0.2, 0.25) is 11.8 Å². The monoisotopic (exact) mass is 368 g/mol. The summed E-state index contributed by atoms with van der Waals surface area (Å²) in [5, 5.41) is 2.89. The Morgan fingerprint density at radius 1 is 1.22 bits per heavy atom. The van der Waals surface area contributed by atoms with Crippen molar-refractivity contribution in [1.82, 2.24) is 19.8 Å². The lowest BCUT2D eigenvalue weighted by molar-refractivity contribution is -0.129. The molecule has 1 atom stereocenters. The summed E-state index contributed by atoms with van der Waals surface area (Å²) in [5.74, 6) is -0.460. The first-order chi connectivity index (χ1) is 13.0. The number of hydrogen-bond donors (Lipinski definition) is 1. The third-order valence-electron chi connectivity index (χ3n) is 4.79. The number of carbonyl (C=O) groups is 2. The van der Waals surface area contributed by atoms with Crippen LogP contribution in [-0.2, 0) is 22.7 Å². The van der Waals surface area contributed by atoms with Crippen LogP contribution >= 0.6 is 0 Å². The number of nitrogens with zero attached hydrogens (tertiary/aromatic N) is 3. The topological polar surface area (TPSA) is 84.3 Å². The van der Waals surface area contributed by atoms with Crippen LogP contribution in [0.4, 0.5) is 0 Å². The number of carbonyl (C=O) groups excluding carboxylic acids is 2. The minimum Gasteiger partial charge on any atom is -0.356 e. The third kappa shape index (κ3) is 4.81. The number of amides is 2. The van der Waals surface area contributed by atoms with Crippen LogP contribution in [0.25, 0.3) is 0 Å². The summed E-state index contributed by atoms with van der Waals surface area (Å²) in [6, 6.07) is 10.7. The highest BCUT2D eigenvalue weighted by atomic mass is 16.2. The Labute approximate surface area is 158 Å². The molecule has 142 valence electrons. The van der Waals surface area contributed by atoms with Gasteiger partial charge in [-0.2, -0.15) is 0 Å². The van der Waals surface area contributed by atoms with Crippen LogP contribution in [-0.4, -0.2) is 39.4 Å². The molecular formula is C20H24N4O3. The Morgan fingerprint density at radius 2 is 2.07 bits per heavy atom. The molecule has 0 saturated carbocycles. The molecule has 27 heavy (non-hydrogen) atoms. The van der Waals surface area contributed by atoms with Crippen LogP contribution in [0.2, 0.25) is 0 Å². The standard InChI is InChI=1S/C20H24N4O3/c1-15-6-4-8-18(25)24(15)11-5-10-22-20(27)16-12-19(26)23(13-16)14-17-7-2-3-9-21-17/h2-4,6-9,16H,5,10-14H2,1H3,(H,22,27)/t16-/m0/s1. The molecule has 7 nitrogen and oxygen atoms in total. The van der Waals surface area contributed by atoms with E-state index in [0.29, 0.717) is 32.6 Å². The minimum atomic E-state index is -0.331. The van der Waals surface area contributed by atoms with E-state index in [1.54, 1.807) is 21.7 Å². The van der Waals surface area contributed by atoms with Gasteiger partial charge in [-0.25, -0.2) is 0 Å². The van der Waals surface area contributed by atoms with Crippen molar-refractivity contribution in [3.05, 3.63) is 64.3 Å². The Balaban J connectivity index is 1.45. The number of hydrogen-bond acceptors (Lipinski definition) is 4. The maximum absolute atomic E-state index is 12.4. The van der Waals surface area contributed by atoms with Crippen LogP contribution in [0, 0.1) is 12.8 Å². The molecule has 0 bridgehead atoms. The molecule has 1 N–H and O–H groups in total. The Hall–Kier alpha value is -2.96. The molecule has 1 saturated heterocycles. The van der Waals surface area contributed by atoms with E-state index in [-0.39, 0.29) is 29.7 Å². The molecule has 1 fully saturated rings. The van der Waals surface area contributed by atoms with Crippen molar-refractivity contribution < 1.29 is 9.59 Å². The fourth-order valence-corrected chi connectivity index (χ4v) is 3.29. The maximum atomic E-state index is 12.4. The van der Waals surface area contributed by atoms with Crippen LogP contribution in [0.3, 0.4) is 0 Å². The van der Waals surface area contributed by atoms with Gasteiger partial charge in [0.15, 0.2) is 0 Å². The largest absolute Gasteiger partial charge is 0.356 e. The molecule has 0 aromatic carbocycles. The summed E-state index contributed by atoms with van der Waals surface area (Å²) < 4.78 is 1.69. The highest BCUT2D eigenvalue weighted by Crippen LogP contribution is 2.19. The van der Waals surface area contributed by atoms with Crippen LogP contribution in [0.5, 0.6) is 0 Å². The van der Waals surface area contributed by atoms with Gasteiger partial charge >= 0.3 is 0 Å². The van der Waals surface area contributed by atoms with Crippen molar-refractivity contribution in [2.75, 3.05) is 13.1 Å². The average molecular weight is 368 g/mol. The quantitative estimate of drug-likeness (QED) is 0.742. The van der Waals surface area contributed by atoms with E-state index in [1.807, 2.05) is 31.2 Å². The normalized spacial score (nSPS) is 16.6. The first kappa shape index (κ1) is 18.8. The number of rotatable bonds is 7. The molecule has 1 aliphatic rings. The lowest BCUT2D eigenvalue weighted by Crippen LogP contribution is -2.34. The molecular weight excluding hydrogens is 344 g/mol. The molecule has 0 unspecified atom stereocenters. The zero-order valence-corrected chi connectivity index (χ0v) is 15.4. The summed E-state index contributed by atoms with van der Waals surface area (Å²) in [6.45, 7) is 3.77. The van der Waals surface area contributed by atoms with E-state index in [4.69, 9.17) is 0 Å². The van der Waals surface area contributed by atoms with Gasteiger partial charge in [0.05, 0.1) is 18.2 Å². The van der Waals surface area contributed by atoms with Gasteiger partial charge in [-0.05, 0) is 31.5 Å². The van der Waals surface area contributed by atoms with Gasteiger partial charge in [-0.15, -0.1) is 0 Å². The smallest absolute Gasteiger partial charge is 0.250 e. The zero-order chi connectivity index (χ0) is 19.2. The summed E-state index contributed by atoms with van der Waals surface area (Å²) in [4.78, 5) is 42.3. The van der Waals surface area contributed by atoms with Crippen LogP contribution in [0.1, 0.15) is 24.2 Å². The molecule has 2 aromatic heterocycles. The van der Waals surface area contributed by atoms with Crippen LogP contribution < -0.4 is 10.9 Å². The molecule has 0 radical (unpaired) electrons. The molecule has 1 aliphatic heterocycles. The number of aromatic nitrogens is 2. The molecule has 7 heteroatoms. The average Bonchev–Trinajstić information content (AvgIpc) is 3.02. The number of aryl methyl sites for hydroxylation is 1. The van der Waals surface area contributed by atoms with Crippen molar-refractivity contribution in [3.8, 4) is 0 Å². The Kier molecular flexibility index (Phi) is 6.01. The lowest BCUT2D eigenvalue weighted by atomic mass is 10.1. The fourth-order valence-electron chi connectivity index (χ4n) is 3.29. The van der Waals surface area contributed by atoms with Crippen molar-refractivity contribution in [2.24, 2.45) is 5.92 Å². The van der Waals surface area contributed by atoms with Crippen molar-refractivity contribution >= 4 is 11.8 Å². The molecule has 2 amide bonds. The summed E-state index contributed by atoms with van der Waals surface area (Å²) in [5.41, 5.74) is 1.68. The minimum absolute atomic E-state index is 0.0211. The summed E-state index contributed by atoms with van der Waals surface area (Å²) >= 11 is 0. The predicted molar refractivity (Wildman–Crippen MR) is 101 cm³/mol. The van der Waals surface area contributed by atoms with Gasteiger partial charge in [-0.3, -0.25) is 19.4 Å². The fraction of sp³-hybridized carbons (Fsp3) is 0.400. The van der Waals surface area contributed by atoms with Gasteiger partial charge < -0.3 is 14.8 Å². The van der Waals surface area contributed by atoms with E-state index >= 15 is 0 Å². The van der Waals surface area contributed by atoms with Crippen molar-refractivity contribution in [3.63, 3.8) is 0 Å². The Morgan fingerprint density at radius 3 is 2.81 bits per heavy atom. The third-order valence-corrected chi connectivity index (χ3v) is 4.79. The van der Waals surface area contributed by atoms with Gasteiger partial charge in [-0.1, -0.05) is 12.1 Å². The highest BCUT2D eigenvalue weighted by molar-refractivity contribution is 5.89. The van der Waals surface area contributed by atoms with Gasteiger partial charge in [0, 0.05) is 44.0 Å². The SMILES string of the molecule is Cc1cccc(=O)n1CCCNC(=O)[C@H]1CC(=O)N(Cc2ccccn2)C1. The van der Waals surface area contributed by atoms with E-state index < -0.39 is 0 Å². The van der Waals surface area contributed by atoms with Crippen LogP contribution in [0.15, 0.2) is 47.4 Å². The summed E-state index contributed by atoms with van der Waals surface area (Å²) in [7, 11) is 0. The second-order valence-corrected chi connectivity index (χ2v) is 6.80. The Bertz CT molecular complexity index is 863. The zero-order valence-electron chi connectivity index (χ0n) is 15.4. The first-order valence-electron chi connectivity index (χ1n) is 9.16. The molecule has 0 aliphatic carbocycles. The lowest BCUT2D eigenvalue weighted by Gasteiger charge is -2.16.